The second kappa shape index (κ2) is 9.51. The van der Waals surface area contributed by atoms with Crippen LogP contribution in [0.15, 0.2) is 47.5 Å². The Labute approximate surface area is 164 Å². The van der Waals surface area contributed by atoms with Crippen LogP contribution in [-0.2, 0) is 4.79 Å². The number of hydrogen-bond acceptors (Lipinski definition) is 3. The molecule has 0 unspecified atom stereocenters. The molecule has 3 rings (SSSR count). The fourth-order valence-electron chi connectivity index (χ4n) is 3.26. The summed E-state index contributed by atoms with van der Waals surface area (Å²) in [6.45, 7) is 1.98. The summed E-state index contributed by atoms with van der Waals surface area (Å²) in [6.07, 6.45) is 8.51. The molecule has 1 saturated carbocycles. The van der Waals surface area contributed by atoms with Crippen LogP contribution in [0.5, 0.6) is 0 Å². The van der Waals surface area contributed by atoms with Gasteiger partial charge in [0.05, 0.1) is 0 Å². The van der Waals surface area contributed by atoms with E-state index < -0.39 is 0 Å². The smallest absolute Gasteiger partial charge is 0.268 e. The van der Waals surface area contributed by atoms with Crippen molar-refractivity contribution in [1.29, 1.82) is 0 Å². The Morgan fingerprint density at radius 2 is 1.74 bits per heavy atom. The molecule has 1 aliphatic rings. The van der Waals surface area contributed by atoms with Crippen LogP contribution < -0.4 is 10.6 Å². The van der Waals surface area contributed by atoms with Gasteiger partial charge >= 0.3 is 0 Å². The Morgan fingerprint density at radius 1 is 1.04 bits per heavy atom. The summed E-state index contributed by atoms with van der Waals surface area (Å²) in [5.41, 5.74) is 1.93. The second-order valence-electron chi connectivity index (χ2n) is 7.06. The van der Waals surface area contributed by atoms with Crippen molar-refractivity contribution >= 4 is 29.2 Å². The van der Waals surface area contributed by atoms with Crippen LogP contribution in [0.2, 0.25) is 0 Å². The van der Waals surface area contributed by atoms with Gasteiger partial charge in [-0.05, 0) is 49.4 Å². The molecule has 2 N–H and O–H groups in total. The fourth-order valence-corrected chi connectivity index (χ4v) is 3.92. The van der Waals surface area contributed by atoms with E-state index in [0.717, 1.165) is 36.1 Å². The van der Waals surface area contributed by atoms with Gasteiger partial charge in [0.15, 0.2) is 0 Å². The van der Waals surface area contributed by atoms with Gasteiger partial charge in [0.1, 0.15) is 5.70 Å². The maximum atomic E-state index is 12.9. The van der Waals surface area contributed by atoms with Crippen LogP contribution in [-0.4, -0.2) is 17.9 Å². The van der Waals surface area contributed by atoms with E-state index in [1.54, 1.807) is 18.2 Å². The van der Waals surface area contributed by atoms with Gasteiger partial charge in [-0.25, -0.2) is 0 Å². The number of benzene rings is 1. The Bertz CT molecular complexity index is 786. The fraction of sp³-hybridized carbons (Fsp3) is 0.364. The molecule has 1 aromatic carbocycles. The highest BCUT2D eigenvalue weighted by Gasteiger charge is 2.19. The number of carbonyl (C=O) groups excluding carboxylic acids is 2. The van der Waals surface area contributed by atoms with Gasteiger partial charge in [0, 0.05) is 16.5 Å². The molecule has 1 aromatic heterocycles. The Balaban J connectivity index is 1.75. The molecule has 142 valence electrons. The number of carbonyl (C=O) groups is 2. The van der Waals surface area contributed by atoms with Crippen LogP contribution in [0.3, 0.4) is 0 Å². The number of aryl methyl sites for hydroxylation is 1. The number of nitrogens with one attached hydrogen (secondary N) is 2. The summed E-state index contributed by atoms with van der Waals surface area (Å²) >= 11 is 1.54. The minimum Gasteiger partial charge on any atom is -0.348 e. The Hall–Kier alpha value is -2.40. The highest BCUT2D eigenvalue weighted by Crippen LogP contribution is 2.18. The monoisotopic (exact) mass is 382 g/mol. The first-order valence-electron chi connectivity index (χ1n) is 9.56. The molecule has 0 radical (unpaired) electrons. The van der Waals surface area contributed by atoms with Gasteiger partial charge in [-0.3, -0.25) is 9.59 Å². The third-order valence-electron chi connectivity index (χ3n) is 4.83. The van der Waals surface area contributed by atoms with Gasteiger partial charge in [-0.15, -0.1) is 11.3 Å². The summed E-state index contributed by atoms with van der Waals surface area (Å²) < 4.78 is 0. The molecule has 0 saturated heterocycles. The van der Waals surface area contributed by atoms with Gasteiger partial charge in [-0.2, -0.15) is 0 Å². The number of amides is 2. The highest BCUT2D eigenvalue weighted by atomic mass is 32.1. The van der Waals surface area contributed by atoms with E-state index >= 15 is 0 Å². The number of hydrogen-bond donors (Lipinski definition) is 2. The van der Waals surface area contributed by atoms with Crippen molar-refractivity contribution in [3.8, 4) is 0 Å². The zero-order valence-electron chi connectivity index (χ0n) is 15.7. The molecule has 27 heavy (non-hydrogen) atoms. The Kier molecular flexibility index (Phi) is 6.82. The molecule has 0 bridgehead atoms. The van der Waals surface area contributed by atoms with Crippen LogP contribution in [0.4, 0.5) is 0 Å². The van der Waals surface area contributed by atoms with Crippen molar-refractivity contribution in [2.24, 2.45) is 0 Å². The molecule has 2 amide bonds. The Morgan fingerprint density at radius 3 is 2.37 bits per heavy atom. The molecule has 1 aliphatic carbocycles. The van der Waals surface area contributed by atoms with Crippen LogP contribution in [0.1, 0.15) is 59.3 Å². The van der Waals surface area contributed by atoms with E-state index in [1.165, 1.54) is 24.2 Å². The van der Waals surface area contributed by atoms with E-state index in [4.69, 9.17) is 0 Å². The lowest BCUT2D eigenvalue weighted by atomic mass is 10.1. The molecular weight excluding hydrogens is 356 g/mol. The molecule has 1 heterocycles. The molecule has 0 aliphatic heterocycles. The first-order valence-corrected chi connectivity index (χ1v) is 10.4. The molecule has 1 fully saturated rings. The highest BCUT2D eigenvalue weighted by molar-refractivity contribution is 7.10. The van der Waals surface area contributed by atoms with E-state index in [0.29, 0.717) is 11.3 Å². The predicted octanol–water partition coefficient (Wildman–Crippen LogP) is 4.67. The largest absolute Gasteiger partial charge is 0.348 e. The van der Waals surface area contributed by atoms with E-state index in [9.17, 15) is 9.59 Å². The first kappa shape index (κ1) is 19.4. The molecule has 4 nitrogen and oxygen atoms in total. The molecular formula is C22H26N2O2S. The van der Waals surface area contributed by atoms with Crippen molar-refractivity contribution < 1.29 is 9.59 Å². The first-order chi connectivity index (χ1) is 13.1. The second-order valence-corrected chi connectivity index (χ2v) is 8.03. The summed E-state index contributed by atoms with van der Waals surface area (Å²) in [6, 6.07) is 11.4. The number of rotatable bonds is 5. The summed E-state index contributed by atoms with van der Waals surface area (Å²) in [5.74, 6) is -0.482. The van der Waals surface area contributed by atoms with Gasteiger partial charge in [0.25, 0.3) is 11.8 Å². The standard InChI is InChI=1S/C22H26N2O2S/c1-16-10-12-17(13-11-16)21(25)24-20(15-19-9-6-14-27-19)22(26)23-18-7-4-2-3-5-8-18/h6,9-15,18H,2-5,7-8H2,1H3,(H,23,26)(H,24,25)/b20-15-. The third kappa shape index (κ3) is 5.79. The zero-order chi connectivity index (χ0) is 19.1. The summed E-state index contributed by atoms with van der Waals surface area (Å²) in [4.78, 5) is 26.4. The topological polar surface area (TPSA) is 58.2 Å². The lowest BCUT2D eigenvalue weighted by molar-refractivity contribution is -0.118. The maximum Gasteiger partial charge on any atom is 0.268 e. The normalized spacial score (nSPS) is 15.8. The summed E-state index contributed by atoms with van der Waals surface area (Å²) in [5, 5.41) is 7.89. The van der Waals surface area contributed by atoms with Gasteiger partial charge in [-0.1, -0.05) is 49.4 Å². The minimum atomic E-state index is -0.270. The molecule has 0 atom stereocenters. The van der Waals surface area contributed by atoms with E-state index in [1.807, 2.05) is 36.6 Å². The predicted molar refractivity (Wildman–Crippen MR) is 111 cm³/mol. The average Bonchev–Trinajstić information content (AvgIpc) is 3.04. The van der Waals surface area contributed by atoms with Crippen molar-refractivity contribution in [3.63, 3.8) is 0 Å². The third-order valence-corrected chi connectivity index (χ3v) is 5.65. The van der Waals surface area contributed by atoms with Crippen LogP contribution in [0.25, 0.3) is 6.08 Å². The minimum absolute atomic E-state index is 0.183. The van der Waals surface area contributed by atoms with Crippen molar-refractivity contribution in [2.75, 3.05) is 0 Å². The van der Waals surface area contributed by atoms with E-state index in [2.05, 4.69) is 10.6 Å². The van der Waals surface area contributed by atoms with Gasteiger partial charge < -0.3 is 10.6 Å². The molecule has 5 heteroatoms. The van der Waals surface area contributed by atoms with Crippen LogP contribution >= 0.6 is 11.3 Å². The quantitative estimate of drug-likeness (QED) is 0.583. The van der Waals surface area contributed by atoms with Crippen molar-refractivity contribution in [2.45, 2.75) is 51.5 Å². The van der Waals surface area contributed by atoms with Crippen molar-refractivity contribution in [1.82, 2.24) is 10.6 Å². The van der Waals surface area contributed by atoms with E-state index in [-0.39, 0.29) is 17.9 Å². The van der Waals surface area contributed by atoms with Crippen LogP contribution in [0, 0.1) is 6.92 Å². The summed E-state index contributed by atoms with van der Waals surface area (Å²) in [7, 11) is 0. The van der Waals surface area contributed by atoms with Gasteiger partial charge in [0.2, 0.25) is 0 Å². The average molecular weight is 383 g/mol. The maximum absolute atomic E-state index is 12.9. The zero-order valence-corrected chi connectivity index (χ0v) is 16.5. The SMILES string of the molecule is Cc1ccc(C(=O)N/C(=C\c2cccs2)C(=O)NC2CCCCCC2)cc1. The van der Waals surface area contributed by atoms with Crippen molar-refractivity contribution in [3.05, 3.63) is 63.5 Å². The molecule has 0 spiro atoms. The number of thiophene rings is 1. The lowest BCUT2D eigenvalue weighted by Gasteiger charge is -2.18. The lowest BCUT2D eigenvalue weighted by Crippen LogP contribution is -2.40. The molecule has 2 aromatic rings.